The van der Waals surface area contributed by atoms with Crippen molar-refractivity contribution in [1.82, 2.24) is 10.2 Å². The van der Waals surface area contributed by atoms with Crippen LogP contribution < -0.4 is 5.32 Å². The van der Waals surface area contributed by atoms with Crippen LogP contribution in [0.1, 0.15) is 50.7 Å². The zero-order chi connectivity index (χ0) is 14.5. The molecule has 1 N–H and O–H groups in total. The van der Waals surface area contributed by atoms with Crippen molar-refractivity contribution in [3.63, 3.8) is 0 Å². The molecule has 0 bridgehead atoms. The number of likely N-dealkylation sites (tertiary alicyclic amines) is 1. The molecular weight excluding hydrogens is 244 g/mol. The quantitative estimate of drug-likeness (QED) is 0.882. The minimum absolute atomic E-state index is 0.600. The first-order valence-corrected chi connectivity index (χ1v) is 8.07. The van der Waals surface area contributed by atoms with Gasteiger partial charge in [-0.05, 0) is 56.3 Å². The van der Waals surface area contributed by atoms with Gasteiger partial charge in [0.2, 0.25) is 0 Å². The molecule has 1 aliphatic heterocycles. The second kappa shape index (κ2) is 7.24. The number of nitrogens with one attached hydrogen (secondary N) is 1. The molecule has 1 saturated heterocycles. The van der Waals surface area contributed by atoms with Crippen molar-refractivity contribution < 1.29 is 0 Å². The summed E-state index contributed by atoms with van der Waals surface area (Å²) < 4.78 is 0. The number of hydrogen-bond acceptors (Lipinski definition) is 2. The van der Waals surface area contributed by atoms with E-state index in [4.69, 9.17) is 0 Å². The van der Waals surface area contributed by atoms with Crippen molar-refractivity contribution in [2.24, 2.45) is 5.92 Å². The molecule has 2 unspecified atom stereocenters. The monoisotopic (exact) mass is 274 g/mol. The average Bonchev–Trinajstić information content (AvgIpc) is 2.45. The summed E-state index contributed by atoms with van der Waals surface area (Å²) in [5, 5.41) is 3.71. The lowest BCUT2D eigenvalue weighted by Crippen LogP contribution is -2.42. The standard InChI is InChI=1S/C18H30N2/c1-14(2)17-9-7-16(8-10-17)12-19-15(3)18-6-5-11-20(4)13-18/h7-10,14-15,18-19H,5-6,11-13H2,1-4H3. The van der Waals surface area contributed by atoms with Crippen molar-refractivity contribution in [2.75, 3.05) is 20.1 Å². The molecule has 1 fully saturated rings. The molecule has 0 saturated carbocycles. The maximum atomic E-state index is 3.71. The summed E-state index contributed by atoms with van der Waals surface area (Å²) in [7, 11) is 2.24. The first kappa shape index (κ1) is 15.5. The van der Waals surface area contributed by atoms with E-state index in [-0.39, 0.29) is 0 Å². The Labute approximate surface area is 124 Å². The van der Waals surface area contributed by atoms with E-state index in [0.29, 0.717) is 12.0 Å². The first-order valence-electron chi connectivity index (χ1n) is 8.07. The molecular formula is C18H30N2. The Bertz CT molecular complexity index is 396. The average molecular weight is 274 g/mol. The van der Waals surface area contributed by atoms with Gasteiger partial charge in [0.15, 0.2) is 0 Å². The molecule has 1 aromatic rings. The highest BCUT2D eigenvalue weighted by Crippen LogP contribution is 2.19. The van der Waals surface area contributed by atoms with Crippen LogP contribution in [0.5, 0.6) is 0 Å². The van der Waals surface area contributed by atoms with E-state index in [0.717, 1.165) is 12.5 Å². The predicted molar refractivity (Wildman–Crippen MR) is 87.1 cm³/mol. The Morgan fingerprint density at radius 2 is 1.90 bits per heavy atom. The Hall–Kier alpha value is -0.860. The van der Waals surface area contributed by atoms with Crippen LogP contribution in [0.4, 0.5) is 0 Å². The van der Waals surface area contributed by atoms with E-state index in [1.54, 1.807) is 0 Å². The largest absolute Gasteiger partial charge is 0.310 e. The van der Waals surface area contributed by atoms with Crippen molar-refractivity contribution in [3.8, 4) is 0 Å². The van der Waals surface area contributed by atoms with Gasteiger partial charge < -0.3 is 10.2 Å². The minimum atomic E-state index is 0.600. The summed E-state index contributed by atoms with van der Waals surface area (Å²) in [5.41, 5.74) is 2.82. The summed E-state index contributed by atoms with van der Waals surface area (Å²) in [6.07, 6.45) is 2.71. The molecule has 0 radical (unpaired) electrons. The van der Waals surface area contributed by atoms with Crippen LogP contribution in [-0.4, -0.2) is 31.1 Å². The van der Waals surface area contributed by atoms with E-state index < -0.39 is 0 Å². The third-order valence-corrected chi connectivity index (χ3v) is 4.64. The fourth-order valence-corrected chi connectivity index (χ4v) is 3.08. The van der Waals surface area contributed by atoms with Crippen molar-refractivity contribution in [2.45, 2.75) is 52.1 Å². The second-order valence-corrected chi connectivity index (χ2v) is 6.73. The molecule has 1 aromatic carbocycles. The van der Waals surface area contributed by atoms with Gasteiger partial charge in [0.25, 0.3) is 0 Å². The molecule has 112 valence electrons. The molecule has 2 rings (SSSR count). The fourth-order valence-electron chi connectivity index (χ4n) is 3.08. The molecule has 1 aliphatic rings. The fraction of sp³-hybridized carbons (Fsp3) is 0.667. The van der Waals surface area contributed by atoms with E-state index in [1.807, 2.05) is 0 Å². The molecule has 20 heavy (non-hydrogen) atoms. The Balaban J connectivity index is 1.82. The lowest BCUT2D eigenvalue weighted by Gasteiger charge is -2.34. The minimum Gasteiger partial charge on any atom is -0.310 e. The third kappa shape index (κ3) is 4.32. The molecule has 2 heteroatoms. The van der Waals surface area contributed by atoms with Crippen LogP contribution in [0, 0.1) is 5.92 Å². The van der Waals surface area contributed by atoms with E-state index in [2.05, 4.69) is 62.3 Å². The highest BCUT2D eigenvalue weighted by atomic mass is 15.1. The van der Waals surface area contributed by atoms with Gasteiger partial charge in [0, 0.05) is 19.1 Å². The van der Waals surface area contributed by atoms with Crippen molar-refractivity contribution in [1.29, 1.82) is 0 Å². The third-order valence-electron chi connectivity index (χ3n) is 4.64. The van der Waals surface area contributed by atoms with Crippen LogP contribution in [0.3, 0.4) is 0 Å². The molecule has 0 aromatic heterocycles. The predicted octanol–water partition coefficient (Wildman–Crippen LogP) is 3.63. The van der Waals surface area contributed by atoms with Crippen LogP contribution in [-0.2, 0) is 6.54 Å². The Morgan fingerprint density at radius 3 is 2.50 bits per heavy atom. The van der Waals surface area contributed by atoms with Crippen LogP contribution in [0.15, 0.2) is 24.3 Å². The zero-order valence-corrected chi connectivity index (χ0v) is 13.5. The lowest BCUT2D eigenvalue weighted by atomic mass is 9.91. The normalized spacial score (nSPS) is 22.1. The number of piperidine rings is 1. The smallest absolute Gasteiger partial charge is 0.0208 e. The maximum absolute atomic E-state index is 3.71. The summed E-state index contributed by atoms with van der Waals surface area (Å²) in [4.78, 5) is 2.46. The molecule has 2 nitrogen and oxygen atoms in total. The van der Waals surface area contributed by atoms with Crippen LogP contribution >= 0.6 is 0 Å². The number of nitrogens with zero attached hydrogens (tertiary/aromatic N) is 1. The Kier molecular flexibility index (Phi) is 5.62. The molecule has 0 aliphatic carbocycles. The molecule has 1 heterocycles. The van der Waals surface area contributed by atoms with Gasteiger partial charge in [-0.2, -0.15) is 0 Å². The highest BCUT2D eigenvalue weighted by Gasteiger charge is 2.22. The molecule has 0 spiro atoms. The second-order valence-electron chi connectivity index (χ2n) is 6.73. The van der Waals surface area contributed by atoms with Gasteiger partial charge in [-0.15, -0.1) is 0 Å². The van der Waals surface area contributed by atoms with Crippen molar-refractivity contribution in [3.05, 3.63) is 35.4 Å². The zero-order valence-electron chi connectivity index (χ0n) is 13.5. The van der Waals surface area contributed by atoms with Gasteiger partial charge in [-0.3, -0.25) is 0 Å². The maximum Gasteiger partial charge on any atom is 0.0208 e. The van der Waals surface area contributed by atoms with E-state index in [9.17, 15) is 0 Å². The summed E-state index contributed by atoms with van der Waals surface area (Å²) in [5.74, 6) is 1.41. The number of benzene rings is 1. The van der Waals surface area contributed by atoms with Gasteiger partial charge >= 0.3 is 0 Å². The van der Waals surface area contributed by atoms with Gasteiger partial charge in [-0.1, -0.05) is 38.1 Å². The van der Waals surface area contributed by atoms with Crippen LogP contribution in [0.25, 0.3) is 0 Å². The molecule has 0 amide bonds. The van der Waals surface area contributed by atoms with Gasteiger partial charge in [0.05, 0.1) is 0 Å². The SMILES string of the molecule is CC(C)c1ccc(CNC(C)C2CCCN(C)C2)cc1. The molecule has 2 atom stereocenters. The van der Waals surface area contributed by atoms with E-state index >= 15 is 0 Å². The van der Waals surface area contributed by atoms with Gasteiger partial charge in [0.1, 0.15) is 0 Å². The number of hydrogen-bond donors (Lipinski definition) is 1. The number of rotatable bonds is 5. The first-order chi connectivity index (χ1) is 9.56. The summed E-state index contributed by atoms with van der Waals surface area (Å²) in [6, 6.07) is 9.66. The summed E-state index contributed by atoms with van der Waals surface area (Å²) >= 11 is 0. The highest BCUT2D eigenvalue weighted by molar-refractivity contribution is 5.24. The van der Waals surface area contributed by atoms with E-state index in [1.165, 1.54) is 37.1 Å². The van der Waals surface area contributed by atoms with Crippen LogP contribution in [0.2, 0.25) is 0 Å². The van der Waals surface area contributed by atoms with Gasteiger partial charge in [-0.25, -0.2) is 0 Å². The lowest BCUT2D eigenvalue weighted by molar-refractivity contribution is 0.178. The summed E-state index contributed by atoms with van der Waals surface area (Å²) in [6.45, 7) is 10.3. The van der Waals surface area contributed by atoms with Crippen molar-refractivity contribution >= 4 is 0 Å². The Morgan fingerprint density at radius 1 is 1.20 bits per heavy atom. The topological polar surface area (TPSA) is 15.3 Å².